The first-order valence-electron chi connectivity index (χ1n) is 4.90. The minimum Gasteiger partial charge on any atom is -0.394 e. The molecular weight excluding hydrogens is 152 g/mol. The third kappa shape index (κ3) is 4.73. The van der Waals surface area contributed by atoms with Gasteiger partial charge in [-0.2, -0.15) is 0 Å². The van der Waals surface area contributed by atoms with Crippen LogP contribution in [-0.4, -0.2) is 22.9 Å². The Hall–Kier alpha value is -0.0800. The first-order chi connectivity index (χ1) is 5.61. The van der Waals surface area contributed by atoms with Gasteiger partial charge >= 0.3 is 0 Å². The molecular formula is C10H22O2. The molecule has 3 atom stereocenters. The number of aliphatic hydroxyl groups is 2. The summed E-state index contributed by atoms with van der Waals surface area (Å²) in [6.07, 6.45) is 2.88. The molecule has 0 aliphatic carbocycles. The van der Waals surface area contributed by atoms with Crippen LogP contribution in [0.5, 0.6) is 0 Å². The SMILES string of the molecule is CCCC(C)CC(C)C(O)CO. The van der Waals surface area contributed by atoms with Gasteiger partial charge in [0.2, 0.25) is 0 Å². The Balaban J connectivity index is 3.59. The minimum absolute atomic E-state index is 0.111. The molecule has 0 aromatic rings. The van der Waals surface area contributed by atoms with E-state index in [2.05, 4.69) is 13.8 Å². The fourth-order valence-electron chi connectivity index (χ4n) is 1.58. The summed E-state index contributed by atoms with van der Waals surface area (Å²) in [4.78, 5) is 0. The van der Waals surface area contributed by atoms with Gasteiger partial charge in [0.1, 0.15) is 0 Å². The molecule has 2 heteroatoms. The Bertz CT molecular complexity index is 104. The van der Waals surface area contributed by atoms with Crippen LogP contribution in [0.25, 0.3) is 0 Å². The molecule has 0 aromatic carbocycles. The summed E-state index contributed by atoms with van der Waals surface area (Å²) in [5.74, 6) is 0.878. The average molecular weight is 174 g/mol. The van der Waals surface area contributed by atoms with E-state index < -0.39 is 6.10 Å². The van der Waals surface area contributed by atoms with Gasteiger partial charge in [0.25, 0.3) is 0 Å². The van der Waals surface area contributed by atoms with Gasteiger partial charge in [0.05, 0.1) is 12.7 Å². The zero-order valence-corrected chi connectivity index (χ0v) is 8.45. The Labute approximate surface area is 75.6 Å². The van der Waals surface area contributed by atoms with E-state index in [9.17, 15) is 5.11 Å². The maximum absolute atomic E-state index is 9.29. The lowest BCUT2D eigenvalue weighted by Gasteiger charge is -2.20. The van der Waals surface area contributed by atoms with Gasteiger partial charge in [-0.05, 0) is 18.3 Å². The van der Waals surface area contributed by atoms with Crippen LogP contribution in [0.4, 0.5) is 0 Å². The number of hydrogen-bond donors (Lipinski definition) is 2. The third-order valence-electron chi connectivity index (χ3n) is 2.40. The quantitative estimate of drug-likeness (QED) is 0.644. The lowest BCUT2D eigenvalue weighted by molar-refractivity contribution is 0.0446. The van der Waals surface area contributed by atoms with Crippen molar-refractivity contribution in [3.05, 3.63) is 0 Å². The Kier molecular flexibility index (Phi) is 6.39. The largest absolute Gasteiger partial charge is 0.394 e. The van der Waals surface area contributed by atoms with Crippen molar-refractivity contribution in [3.8, 4) is 0 Å². The third-order valence-corrected chi connectivity index (χ3v) is 2.40. The summed E-state index contributed by atoms with van der Waals surface area (Å²) in [6, 6.07) is 0. The molecule has 3 unspecified atom stereocenters. The van der Waals surface area contributed by atoms with E-state index in [-0.39, 0.29) is 12.5 Å². The standard InChI is InChI=1S/C10H22O2/c1-4-5-8(2)6-9(3)10(12)7-11/h8-12H,4-7H2,1-3H3. The lowest BCUT2D eigenvalue weighted by atomic mass is 9.90. The van der Waals surface area contributed by atoms with Crippen LogP contribution in [-0.2, 0) is 0 Å². The molecule has 74 valence electrons. The van der Waals surface area contributed by atoms with E-state index in [0.29, 0.717) is 5.92 Å². The predicted octanol–water partition coefficient (Wildman–Crippen LogP) is 1.80. The topological polar surface area (TPSA) is 40.5 Å². The van der Waals surface area contributed by atoms with E-state index in [1.807, 2.05) is 6.92 Å². The predicted molar refractivity (Wildman–Crippen MR) is 50.9 cm³/mol. The lowest BCUT2D eigenvalue weighted by Crippen LogP contribution is -2.23. The highest BCUT2D eigenvalue weighted by molar-refractivity contribution is 4.66. The van der Waals surface area contributed by atoms with Crippen molar-refractivity contribution in [2.45, 2.75) is 46.1 Å². The monoisotopic (exact) mass is 174 g/mol. The molecule has 12 heavy (non-hydrogen) atoms. The van der Waals surface area contributed by atoms with Crippen LogP contribution in [0.3, 0.4) is 0 Å². The molecule has 0 fully saturated rings. The molecule has 0 spiro atoms. The highest BCUT2D eigenvalue weighted by Gasteiger charge is 2.15. The first-order valence-corrected chi connectivity index (χ1v) is 4.90. The van der Waals surface area contributed by atoms with Gasteiger partial charge in [-0.25, -0.2) is 0 Å². The van der Waals surface area contributed by atoms with Gasteiger partial charge in [0.15, 0.2) is 0 Å². The van der Waals surface area contributed by atoms with Crippen LogP contribution in [0.2, 0.25) is 0 Å². The van der Waals surface area contributed by atoms with Crippen molar-refractivity contribution in [1.29, 1.82) is 0 Å². The normalized spacial score (nSPS) is 18.8. The molecule has 0 aromatic heterocycles. The summed E-state index contributed by atoms with van der Waals surface area (Å²) in [6.45, 7) is 6.25. The van der Waals surface area contributed by atoms with Crippen molar-refractivity contribution in [2.75, 3.05) is 6.61 Å². The minimum atomic E-state index is -0.538. The Morgan fingerprint density at radius 1 is 1.25 bits per heavy atom. The van der Waals surface area contributed by atoms with Crippen molar-refractivity contribution in [3.63, 3.8) is 0 Å². The van der Waals surface area contributed by atoms with Crippen molar-refractivity contribution >= 4 is 0 Å². The summed E-state index contributed by atoms with van der Waals surface area (Å²) >= 11 is 0. The summed E-state index contributed by atoms with van der Waals surface area (Å²) in [7, 11) is 0. The van der Waals surface area contributed by atoms with Crippen molar-refractivity contribution in [2.24, 2.45) is 11.8 Å². The highest BCUT2D eigenvalue weighted by Crippen LogP contribution is 2.18. The van der Waals surface area contributed by atoms with E-state index in [0.717, 1.165) is 6.42 Å². The molecule has 0 bridgehead atoms. The van der Waals surface area contributed by atoms with Crippen LogP contribution in [0.1, 0.15) is 40.0 Å². The van der Waals surface area contributed by atoms with E-state index in [1.54, 1.807) is 0 Å². The molecule has 2 nitrogen and oxygen atoms in total. The van der Waals surface area contributed by atoms with Gasteiger partial charge in [0, 0.05) is 0 Å². The van der Waals surface area contributed by atoms with Crippen LogP contribution in [0.15, 0.2) is 0 Å². The van der Waals surface area contributed by atoms with Crippen LogP contribution >= 0.6 is 0 Å². The van der Waals surface area contributed by atoms with E-state index in [4.69, 9.17) is 5.11 Å². The molecule has 0 aliphatic heterocycles. The second-order valence-corrected chi connectivity index (χ2v) is 3.86. The van der Waals surface area contributed by atoms with Gasteiger partial charge < -0.3 is 10.2 Å². The molecule has 0 saturated carbocycles. The Morgan fingerprint density at radius 3 is 2.25 bits per heavy atom. The molecule has 0 heterocycles. The molecule has 0 radical (unpaired) electrons. The maximum atomic E-state index is 9.29. The highest BCUT2D eigenvalue weighted by atomic mass is 16.3. The molecule has 0 saturated heterocycles. The van der Waals surface area contributed by atoms with Gasteiger partial charge in [-0.15, -0.1) is 0 Å². The summed E-state index contributed by atoms with van der Waals surface area (Å²) < 4.78 is 0. The number of rotatable bonds is 6. The first kappa shape index (κ1) is 11.9. The second-order valence-electron chi connectivity index (χ2n) is 3.86. The molecule has 0 amide bonds. The van der Waals surface area contributed by atoms with E-state index in [1.165, 1.54) is 12.8 Å². The van der Waals surface area contributed by atoms with E-state index >= 15 is 0 Å². The smallest absolute Gasteiger partial charge is 0.0796 e. The molecule has 0 rings (SSSR count). The zero-order chi connectivity index (χ0) is 9.56. The Morgan fingerprint density at radius 2 is 1.83 bits per heavy atom. The van der Waals surface area contributed by atoms with Crippen molar-refractivity contribution in [1.82, 2.24) is 0 Å². The van der Waals surface area contributed by atoms with Gasteiger partial charge in [-0.1, -0.05) is 33.6 Å². The molecule has 2 N–H and O–H groups in total. The maximum Gasteiger partial charge on any atom is 0.0796 e. The number of aliphatic hydroxyl groups excluding tert-OH is 2. The summed E-state index contributed by atoms with van der Waals surface area (Å²) in [5.41, 5.74) is 0. The summed E-state index contributed by atoms with van der Waals surface area (Å²) in [5, 5.41) is 18.0. The van der Waals surface area contributed by atoms with Gasteiger partial charge in [-0.3, -0.25) is 0 Å². The average Bonchev–Trinajstić information content (AvgIpc) is 2.03. The number of hydrogen-bond acceptors (Lipinski definition) is 2. The second kappa shape index (κ2) is 6.44. The fraction of sp³-hybridized carbons (Fsp3) is 1.00. The zero-order valence-electron chi connectivity index (χ0n) is 8.45. The fourth-order valence-corrected chi connectivity index (χ4v) is 1.58. The van der Waals surface area contributed by atoms with Crippen molar-refractivity contribution < 1.29 is 10.2 Å². The van der Waals surface area contributed by atoms with Crippen LogP contribution in [0, 0.1) is 11.8 Å². The van der Waals surface area contributed by atoms with Crippen LogP contribution < -0.4 is 0 Å². The molecule has 0 aliphatic rings.